The van der Waals surface area contributed by atoms with Crippen LogP contribution in [0.3, 0.4) is 0 Å². The third kappa shape index (κ3) is 3.39. The van der Waals surface area contributed by atoms with Crippen LogP contribution in [0.5, 0.6) is 0 Å². The zero-order valence-corrected chi connectivity index (χ0v) is 12.2. The Morgan fingerprint density at radius 3 is 2.90 bits per heavy atom. The van der Waals surface area contributed by atoms with Crippen LogP contribution in [-0.4, -0.2) is 26.2 Å². The van der Waals surface area contributed by atoms with Gasteiger partial charge in [-0.2, -0.15) is 0 Å². The van der Waals surface area contributed by atoms with Gasteiger partial charge in [-0.05, 0) is 49.2 Å². The van der Waals surface area contributed by atoms with Gasteiger partial charge in [-0.25, -0.2) is 4.79 Å². The Morgan fingerprint density at radius 2 is 2.20 bits per heavy atom. The van der Waals surface area contributed by atoms with Gasteiger partial charge in [0.05, 0.1) is 18.9 Å². The monoisotopic (exact) mass is 275 g/mol. The summed E-state index contributed by atoms with van der Waals surface area (Å²) in [4.78, 5) is 11.6. The molecule has 2 rings (SSSR count). The molecular weight excluding hydrogens is 254 g/mol. The maximum absolute atomic E-state index is 11.6. The number of benzene rings is 1. The molecule has 4 nitrogen and oxygen atoms in total. The number of fused-ring (bicyclic) bond motifs is 1. The molecule has 2 aromatic rings. The fourth-order valence-electron chi connectivity index (χ4n) is 2.13. The molecule has 0 fully saturated rings. The quantitative estimate of drug-likeness (QED) is 0.650. The molecule has 108 valence electrons. The van der Waals surface area contributed by atoms with Crippen LogP contribution in [-0.2, 0) is 11.2 Å². The fourth-order valence-corrected chi connectivity index (χ4v) is 2.13. The van der Waals surface area contributed by atoms with Crippen molar-refractivity contribution in [3.05, 3.63) is 35.6 Å². The van der Waals surface area contributed by atoms with E-state index < -0.39 is 0 Å². The Kier molecular flexibility index (Phi) is 4.79. The molecule has 0 aliphatic rings. The molecule has 0 saturated heterocycles. The van der Waals surface area contributed by atoms with Crippen molar-refractivity contribution in [2.24, 2.45) is 5.92 Å². The van der Waals surface area contributed by atoms with Crippen LogP contribution in [0.2, 0.25) is 0 Å². The van der Waals surface area contributed by atoms with E-state index in [4.69, 9.17) is 9.15 Å². The lowest BCUT2D eigenvalue weighted by molar-refractivity contribution is 0.0601. The van der Waals surface area contributed by atoms with Gasteiger partial charge in [0, 0.05) is 5.39 Å². The summed E-state index contributed by atoms with van der Waals surface area (Å²) in [5.41, 5.74) is 2.47. The third-order valence-corrected chi connectivity index (χ3v) is 3.20. The van der Waals surface area contributed by atoms with Crippen molar-refractivity contribution in [3.63, 3.8) is 0 Å². The van der Waals surface area contributed by atoms with E-state index in [1.165, 1.54) is 7.11 Å². The summed E-state index contributed by atoms with van der Waals surface area (Å²) in [5, 5.41) is 4.39. The molecule has 0 radical (unpaired) electrons. The van der Waals surface area contributed by atoms with Crippen molar-refractivity contribution in [1.82, 2.24) is 5.32 Å². The standard InChI is InChI=1S/C16H21NO3/c1-11(2)9-17-7-6-13-10-20-15-5-4-12(8-14(13)15)16(18)19-3/h4-5,8,10-11,17H,6-7,9H2,1-3H3. The second-order valence-corrected chi connectivity index (χ2v) is 5.31. The van der Waals surface area contributed by atoms with Crippen LogP contribution < -0.4 is 5.32 Å². The maximum atomic E-state index is 11.6. The van der Waals surface area contributed by atoms with Crippen molar-refractivity contribution in [3.8, 4) is 0 Å². The lowest BCUT2D eigenvalue weighted by Gasteiger charge is -2.06. The van der Waals surface area contributed by atoms with E-state index in [0.29, 0.717) is 11.5 Å². The first-order chi connectivity index (χ1) is 9.61. The smallest absolute Gasteiger partial charge is 0.337 e. The minimum atomic E-state index is -0.322. The molecule has 1 aromatic carbocycles. The minimum Gasteiger partial charge on any atom is -0.465 e. The number of methoxy groups -OCH3 is 1. The summed E-state index contributed by atoms with van der Waals surface area (Å²) in [6.07, 6.45) is 2.65. The first kappa shape index (κ1) is 14.6. The van der Waals surface area contributed by atoms with Crippen molar-refractivity contribution in [2.45, 2.75) is 20.3 Å². The first-order valence-corrected chi connectivity index (χ1v) is 6.91. The molecule has 4 heteroatoms. The first-order valence-electron chi connectivity index (χ1n) is 6.91. The van der Waals surface area contributed by atoms with Crippen molar-refractivity contribution in [2.75, 3.05) is 20.2 Å². The largest absolute Gasteiger partial charge is 0.465 e. The molecule has 20 heavy (non-hydrogen) atoms. The second-order valence-electron chi connectivity index (χ2n) is 5.31. The number of rotatable bonds is 6. The van der Waals surface area contributed by atoms with Crippen LogP contribution >= 0.6 is 0 Å². The Hall–Kier alpha value is -1.81. The lowest BCUT2D eigenvalue weighted by Crippen LogP contribution is -2.22. The fraction of sp³-hybridized carbons (Fsp3) is 0.438. The Bertz CT molecular complexity index is 586. The lowest BCUT2D eigenvalue weighted by atomic mass is 10.1. The summed E-state index contributed by atoms with van der Waals surface area (Å²) >= 11 is 0. The Balaban J connectivity index is 2.11. The van der Waals surface area contributed by atoms with E-state index in [1.807, 2.05) is 12.1 Å². The molecule has 0 amide bonds. The normalized spacial score (nSPS) is 11.2. The summed E-state index contributed by atoms with van der Waals surface area (Å²) in [5.74, 6) is 0.319. The van der Waals surface area contributed by atoms with E-state index in [1.54, 1.807) is 12.3 Å². The van der Waals surface area contributed by atoms with Gasteiger partial charge >= 0.3 is 5.97 Å². The molecule has 1 heterocycles. The molecule has 0 unspecified atom stereocenters. The average molecular weight is 275 g/mol. The zero-order chi connectivity index (χ0) is 14.5. The topological polar surface area (TPSA) is 51.5 Å². The maximum Gasteiger partial charge on any atom is 0.337 e. The highest BCUT2D eigenvalue weighted by atomic mass is 16.5. The number of nitrogens with one attached hydrogen (secondary N) is 1. The van der Waals surface area contributed by atoms with Crippen LogP contribution in [0.4, 0.5) is 0 Å². The highest BCUT2D eigenvalue weighted by molar-refractivity contribution is 5.95. The number of carbonyl (C=O) groups excluding carboxylic acids is 1. The van der Waals surface area contributed by atoms with Crippen molar-refractivity contribution < 1.29 is 13.9 Å². The highest BCUT2D eigenvalue weighted by Gasteiger charge is 2.11. The summed E-state index contributed by atoms with van der Waals surface area (Å²) < 4.78 is 10.3. The van der Waals surface area contributed by atoms with Gasteiger partial charge < -0.3 is 14.5 Å². The van der Waals surface area contributed by atoms with Crippen molar-refractivity contribution in [1.29, 1.82) is 0 Å². The zero-order valence-electron chi connectivity index (χ0n) is 12.2. The van der Waals surface area contributed by atoms with Crippen LogP contribution in [0, 0.1) is 5.92 Å². The SMILES string of the molecule is COC(=O)c1ccc2occ(CCNCC(C)C)c2c1. The molecule has 0 saturated carbocycles. The number of hydrogen-bond donors (Lipinski definition) is 1. The number of ether oxygens (including phenoxy) is 1. The summed E-state index contributed by atoms with van der Waals surface area (Å²) in [6, 6.07) is 5.37. The molecule has 1 N–H and O–H groups in total. The molecule has 0 aliphatic carbocycles. The highest BCUT2D eigenvalue weighted by Crippen LogP contribution is 2.23. The van der Waals surface area contributed by atoms with E-state index in [-0.39, 0.29) is 5.97 Å². The van der Waals surface area contributed by atoms with Gasteiger partial charge in [-0.1, -0.05) is 13.8 Å². The van der Waals surface area contributed by atoms with Gasteiger partial charge in [-0.3, -0.25) is 0 Å². The van der Waals surface area contributed by atoms with E-state index in [2.05, 4.69) is 19.2 Å². The number of esters is 1. The van der Waals surface area contributed by atoms with Gasteiger partial charge in [0.15, 0.2) is 0 Å². The minimum absolute atomic E-state index is 0.322. The predicted molar refractivity (Wildman–Crippen MR) is 79.0 cm³/mol. The van der Waals surface area contributed by atoms with E-state index >= 15 is 0 Å². The summed E-state index contributed by atoms with van der Waals surface area (Å²) in [6.45, 7) is 6.27. The molecule has 0 aliphatic heterocycles. The Morgan fingerprint density at radius 1 is 1.40 bits per heavy atom. The van der Waals surface area contributed by atoms with E-state index in [0.717, 1.165) is 36.0 Å². The molecule has 0 bridgehead atoms. The predicted octanol–water partition coefficient (Wildman–Crippen LogP) is 3.01. The third-order valence-electron chi connectivity index (χ3n) is 3.20. The number of carbonyl (C=O) groups is 1. The summed E-state index contributed by atoms with van der Waals surface area (Å²) in [7, 11) is 1.39. The number of hydrogen-bond acceptors (Lipinski definition) is 4. The Labute approximate surface area is 119 Å². The molecule has 0 spiro atoms. The number of furan rings is 1. The van der Waals surface area contributed by atoms with Gasteiger partial charge in [0.2, 0.25) is 0 Å². The van der Waals surface area contributed by atoms with Crippen LogP contribution in [0.15, 0.2) is 28.9 Å². The van der Waals surface area contributed by atoms with Gasteiger partial charge in [-0.15, -0.1) is 0 Å². The molecule has 0 atom stereocenters. The molecular formula is C16H21NO3. The van der Waals surface area contributed by atoms with E-state index in [9.17, 15) is 4.79 Å². The van der Waals surface area contributed by atoms with Crippen LogP contribution in [0.25, 0.3) is 11.0 Å². The van der Waals surface area contributed by atoms with Gasteiger partial charge in [0.1, 0.15) is 5.58 Å². The average Bonchev–Trinajstić information content (AvgIpc) is 2.85. The van der Waals surface area contributed by atoms with Gasteiger partial charge in [0.25, 0.3) is 0 Å². The van der Waals surface area contributed by atoms with Crippen molar-refractivity contribution >= 4 is 16.9 Å². The molecule has 1 aromatic heterocycles. The second kappa shape index (κ2) is 6.57. The van der Waals surface area contributed by atoms with Crippen LogP contribution in [0.1, 0.15) is 29.8 Å².